The van der Waals surface area contributed by atoms with E-state index in [1.165, 1.54) is 13.2 Å². The average molecular weight is 479 g/mol. The third kappa shape index (κ3) is 5.42. The van der Waals surface area contributed by atoms with Crippen molar-refractivity contribution < 1.29 is 28.5 Å². The zero-order valence-corrected chi connectivity index (χ0v) is 20.4. The summed E-state index contributed by atoms with van der Waals surface area (Å²) < 4.78 is 31.8. The predicted octanol–water partition coefficient (Wildman–Crippen LogP) is 6.47. The minimum Gasteiger partial charge on any atom is -0.508 e. The van der Waals surface area contributed by atoms with Gasteiger partial charge < -0.3 is 19.3 Å². The van der Waals surface area contributed by atoms with Crippen LogP contribution in [-0.4, -0.2) is 30.9 Å². The smallest absolute Gasteiger partial charge is 0.306 e. The monoisotopic (exact) mass is 478 g/mol. The molecule has 1 aliphatic heterocycles. The van der Waals surface area contributed by atoms with Crippen LogP contribution in [0.15, 0.2) is 60.5 Å². The number of carbonyl (C=O) groups is 1. The Labute approximate surface area is 205 Å². The summed E-state index contributed by atoms with van der Waals surface area (Å²) in [6.07, 6.45) is 5.11. The Morgan fingerprint density at radius 1 is 1.20 bits per heavy atom. The number of hydrogen-bond donors (Lipinski definition) is 1. The van der Waals surface area contributed by atoms with Crippen LogP contribution in [0.4, 0.5) is 4.39 Å². The number of carbonyl (C=O) groups excluding carboxylic acids is 1. The average Bonchev–Trinajstić information content (AvgIpc) is 3.23. The van der Waals surface area contributed by atoms with Gasteiger partial charge in [-0.3, -0.25) is 4.79 Å². The van der Waals surface area contributed by atoms with Crippen molar-refractivity contribution in [1.82, 2.24) is 0 Å². The predicted molar refractivity (Wildman–Crippen MR) is 133 cm³/mol. The van der Waals surface area contributed by atoms with Crippen LogP contribution in [-0.2, 0) is 9.53 Å². The Hall–Kier alpha value is -3.54. The summed E-state index contributed by atoms with van der Waals surface area (Å²) >= 11 is 0. The van der Waals surface area contributed by atoms with Crippen LogP contribution in [0.25, 0.3) is 5.57 Å². The first-order chi connectivity index (χ1) is 16.8. The van der Waals surface area contributed by atoms with Crippen molar-refractivity contribution in [2.45, 2.75) is 51.6 Å². The number of benzene rings is 2. The lowest BCUT2D eigenvalue weighted by atomic mass is 9.91. The molecule has 0 amide bonds. The van der Waals surface area contributed by atoms with Gasteiger partial charge in [0.15, 0.2) is 0 Å². The molecular weight excluding hydrogens is 447 g/mol. The molecule has 0 aromatic heterocycles. The van der Waals surface area contributed by atoms with E-state index in [0.29, 0.717) is 30.1 Å². The lowest BCUT2D eigenvalue weighted by Crippen LogP contribution is -2.19. The van der Waals surface area contributed by atoms with E-state index in [1.807, 2.05) is 26.0 Å². The van der Waals surface area contributed by atoms with E-state index in [9.17, 15) is 9.90 Å². The highest BCUT2D eigenvalue weighted by molar-refractivity contribution is 5.73. The lowest BCUT2D eigenvalue weighted by Gasteiger charge is -2.21. The molecule has 0 bridgehead atoms. The van der Waals surface area contributed by atoms with Gasteiger partial charge in [0, 0.05) is 23.1 Å². The molecule has 6 heteroatoms. The number of aryl methyl sites for hydroxylation is 2. The van der Waals surface area contributed by atoms with Gasteiger partial charge >= 0.3 is 5.97 Å². The van der Waals surface area contributed by atoms with Gasteiger partial charge in [0.2, 0.25) is 0 Å². The Balaban J connectivity index is 1.50. The first-order valence-corrected chi connectivity index (χ1v) is 11.8. The molecule has 4 rings (SSSR count). The van der Waals surface area contributed by atoms with E-state index in [-0.39, 0.29) is 24.1 Å². The molecular formula is C29H31FO5. The van der Waals surface area contributed by atoms with Gasteiger partial charge in [-0.15, -0.1) is 0 Å². The van der Waals surface area contributed by atoms with Crippen LogP contribution in [0.2, 0.25) is 0 Å². The van der Waals surface area contributed by atoms with Gasteiger partial charge in [-0.25, -0.2) is 4.39 Å². The van der Waals surface area contributed by atoms with E-state index >= 15 is 4.39 Å². The minimum atomic E-state index is -0.522. The molecule has 5 nitrogen and oxygen atoms in total. The van der Waals surface area contributed by atoms with E-state index in [2.05, 4.69) is 6.58 Å². The van der Waals surface area contributed by atoms with Crippen molar-refractivity contribution >= 4 is 11.5 Å². The van der Waals surface area contributed by atoms with Gasteiger partial charge in [0.05, 0.1) is 20.1 Å². The fourth-order valence-electron chi connectivity index (χ4n) is 4.90. The molecule has 2 aliphatic rings. The second-order valence-corrected chi connectivity index (χ2v) is 9.17. The van der Waals surface area contributed by atoms with Gasteiger partial charge in [-0.1, -0.05) is 18.7 Å². The normalized spacial score (nSPS) is 22.9. The quantitative estimate of drug-likeness (QED) is 0.499. The Kier molecular flexibility index (Phi) is 7.29. The van der Waals surface area contributed by atoms with E-state index in [0.717, 1.165) is 40.7 Å². The molecule has 184 valence electrons. The zero-order chi connectivity index (χ0) is 25.1. The number of halogens is 1. The summed E-state index contributed by atoms with van der Waals surface area (Å²) in [5.74, 6) is 0.719. The summed E-state index contributed by atoms with van der Waals surface area (Å²) in [4.78, 5) is 11.7. The van der Waals surface area contributed by atoms with Crippen LogP contribution >= 0.6 is 0 Å². The van der Waals surface area contributed by atoms with E-state index in [4.69, 9.17) is 14.2 Å². The number of allylic oxidation sites excluding steroid dienone is 3. The number of rotatable bonds is 5. The van der Waals surface area contributed by atoms with Crippen LogP contribution in [0.3, 0.4) is 0 Å². The molecule has 0 fully saturated rings. The molecule has 0 spiro atoms. The second-order valence-electron chi connectivity index (χ2n) is 9.17. The number of esters is 1. The molecule has 0 saturated heterocycles. The highest BCUT2D eigenvalue weighted by atomic mass is 19.1. The highest BCUT2D eigenvalue weighted by Gasteiger charge is 2.28. The number of phenolic OH excluding ortho intramolecular Hbond substituents is 1. The second kappa shape index (κ2) is 10.4. The summed E-state index contributed by atoms with van der Waals surface area (Å²) in [7, 11) is 1.37. The van der Waals surface area contributed by atoms with Crippen LogP contribution in [0.5, 0.6) is 17.2 Å². The maximum atomic E-state index is 15.1. The first kappa shape index (κ1) is 24.6. The number of phenols is 1. The number of fused-ring (bicyclic) bond motifs is 1. The van der Waals surface area contributed by atoms with Crippen molar-refractivity contribution in [3.63, 3.8) is 0 Å². The van der Waals surface area contributed by atoms with E-state index < -0.39 is 11.9 Å². The largest absolute Gasteiger partial charge is 0.508 e. The van der Waals surface area contributed by atoms with Gasteiger partial charge in [0.1, 0.15) is 29.2 Å². The minimum absolute atomic E-state index is 0.0527. The topological polar surface area (TPSA) is 65.0 Å². The zero-order valence-electron chi connectivity index (χ0n) is 20.4. The van der Waals surface area contributed by atoms with Crippen molar-refractivity contribution in [3.05, 3.63) is 82.7 Å². The number of hydrogen-bond acceptors (Lipinski definition) is 5. The summed E-state index contributed by atoms with van der Waals surface area (Å²) in [6, 6.07) is 8.97. The molecule has 2 aromatic rings. The molecule has 1 aliphatic carbocycles. The third-order valence-electron chi connectivity index (χ3n) is 6.66. The molecule has 2 atom stereocenters. The molecule has 35 heavy (non-hydrogen) atoms. The summed E-state index contributed by atoms with van der Waals surface area (Å²) in [6.45, 7) is 8.28. The van der Waals surface area contributed by atoms with Crippen molar-refractivity contribution in [3.8, 4) is 17.2 Å². The third-order valence-corrected chi connectivity index (χ3v) is 6.66. The lowest BCUT2D eigenvalue weighted by molar-refractivity contribution is -0.141. The van der Waals surface area contributed by atoms with Gasteiger partial charge in [0.25, 0.3) is 0 Å². The number of aromatic hydroxyl groups is 1. The van der Waals surface area contributed by atoms with Crippen LogP contribution in [0, 0.1) is 13.8 Å². The number of methoxy groups -OCH3 is 1. The standard InChI is InChI=1S/C29H31FO5/c1-17-12-22(31)13-18(2)29(17)20-6-5-7-26(19(3)25(30)11-8-20)35-23-9-10-24-21(14-28(32)33-4)16-34-27(24)15-23/h8-13,15,21,26,31H,3,5-7,14,16H2,1-2,4H3/b20-8+,25-11+/t21-,26-/m1/s1. The van der Waals surface area contributed by atoms with Crippen LogP contribution in [0.1, 0.15) is 53.9 Å². The van der Waals surface area contributed by atoms with E-state index in [1.54, 1.807) is 24.3 Å². The fourth-order valence-corrected chi connectivity index (χ4v) is 4.90. The Morgan fingerprint density at radius 3 is 2.66 bits per heavy atom. The molecule has 1 heterocycles. The van der Waals surface area contributed by atoms with Crippen molar-refractivity contribution in [2.75, 3.05) is 13.7 Å². The molecule has 0 radical (unpaired) electrons. The summed E-state index contributed by atoms with van der Waals surface area (Å²) in [5.41, 5.74) is 5.21. The first-order valence-electron chi connectivity index (χ1n) is 11.8. The van der Waals surface area contributed by atoms with Crippen molar-refractivity contribution in [2.24, 2.45) is 0 Å². The number of ether oxygens (including phenoxy) is 3. The van der Waals surface area contributed by atoms with Crippen LogP contribution < -0.4 is 9.47 Å². The molecule has 2 aromatic carbocycles. The Bertz CT molecular complexity index is 1190. The molecule has 0 saturated carbocycles. The summed E-state index contributed by atoms with van der Waals surface area (Å²) in [5, 5.41) is 9.89. The molecule has 1 N–H and O–H groups in total. The maximum absolute atomic E-state index is 15.1. The Morgan fingerprint density at radius 2 is 1.94 bits per heavy atom. The van der Waals surface area contributed by atoms with Gasteiger partial charge in [-0.2, -0.15) is 0 Å². The molecule has 0 unspecified atom stereocenters. The van der Waals surface area contributed by atoms with Crippen molar-refractivity contribution in [1.29, 1.82) is 0 Å². The van der Waals surface area contributed by atoms with Gasteiger partial charge in [-0.05, 0) is 79.6 Å². The maximum Gasteiger partial charge on any atom is 0.306 e. The fraction of sp³-hybridized carbons (Fsp3) is 0.345. The SMILES string of the molecule is C=C1/C(F)=C\C=C(\c2c(C)cc(O)cc2C)CCC[C@H]1Oc1ccc2c(c1)OC[C@H]2CC(=O)OC. The highest BCUT2D eigenvalue weighted by Crippen LogP contribution is 2.39.